The highest BCUT2D eigenvalue weighted by Crippen LogP contribution is 2.51. The van der Waals surface area contributed by atoms with Crippen LogP contribution in [0.5, 0.6) is 5.75 Å². The second-order valence-electron chi connectivity index (χ2n) is 9.90. The SMILES string of the molecule is COc1cccc([C@H]2CN(Cc3ccccc3)C(=O)C23CCN(Cc2ccccc2C(=O)O)CC3)c1. The number of aromatic carboxylic acids is 1. The molecule has 1 atom stereocenters. The number of hydrogen-bond acceptors (Lipinski definition) is 4. The number of carbonyl (C=O) groups is 2. The van der Waals surface area contributed by atoms with Crippen LogP contribution in [0.1, 0.15) is 45.8 Å². The molecule has 1 amide bonds. The number of carboxylic acid groups (broad SMARTS) is 1. The maximum absolute atomic E-state index is 14.0. The molecule has 2 fully saturated rings. The summed E-state index contributed by atoms with van der Waals surface area (Å²) in [5.41, 5.74) is 2.97. The minimum atomic E-state index is -0.903. The van der Waals surface area contributed by atoms with Gasteiger partial charge in [0.2, 0.25) is 5.91 Å². The molecule has 3 aromatic rings. The van der Waals surface area contributed by atoms with Crippen molar-refractivity contribution < 1.29 is 19.4 Å². The maximum Gasteiger partial charge on any atom is 0.336 e. The van der Waals surface area contributed by atoms with Crippen molar-refractivity contribution in [1.29, 1.82) is 0 Å². The summed E-state index contributed by atoms with van der Waals surface area (Å²) in [5, 5.41) is 9.57. The van der Waals surface area contributed by atoms with E-state index in [9.17, 15) is 14.7 Å². The third kappa shape index (κ3) is 4.61. The van der Waals surface area contributed by atoms with Crippen LogP contribution in [0.4, 0.5) is 0 Å². The summed E-state index contributed by atoms with van der Waals surface area (Å²) in [6.45, 7) is 3.36. The number of hydrogen-bond donors (Lipinski definition) is 1. The fourth-order valence-corrected chi connectivity index (χ4v) is 5.95. The van der Waals surface area contributed by atoms with Gasteiger partial charge in [0.05, 0.1) is 18.1 Å². The van der Waals surface area contributed by atoms with E-state index in [1.165, 1.54) is 0 Å². The fraction of sp³-hybridized carbons (Fsp3) is 0.333. The molecule has 186 valence electrons. The molecule has 1 spiro atoms. The Bertz CT molecular complexity index is 1230. The Morgan fingerprint density at radius 3 is 2.42 bits per heavy atom. The molecule has 0 unspecified atom stereocenters. The van der Waals surface area contributed by atoms with E-state index < -0.39 is 11.4 Å². The Morgan fingerprint density at radius 1 is 0.972 bits per heavy atom. The number of likely N-dealkylation sites (tertiary alicyclic amines) is 2. The zero-order valence-corrected chi connectivity index (χ0v) is 20.6. The van der Waals surface area contributed by atoms with E-state index in [1.807, 2.05) is 47.4 Å². The van der Waals surface area contributed by atoms with Crippen LogP contribution in [0, 0.1) is 5.41 Å². The van der Waals surface area contributed by atoms with Gasteiger partial charge in [0.25, 0.3) is 0 Å². The van der Waals surface area contributed by atoms with E-state index in [1.54, 1.807) is 19.2 Å². The number of carboxylic acids is 1. The molecule has 0 saturated carbocycles. The van der Waals surface area contributed by atoms with Crippen LogP contribution in [0.3, 0.4) is 0 Å². The van der Waals surface area contributed by atoms with Gasteiger partial charge in [-0.1, -0.05) is 60.7 Å². The molecule has 0 aromatic heterocycles. The summed E-state index contributed by atoms with van der Waals surface area (Å²) < 4.78 is 5.50. The molecule has 1 N–H and O–H groups in total. The van der Waals surface area contributed by atoms with Gasteiger partial charge in [-0.3, -0.25) is 9.69 Å². The smallest absolute Gasteiger partial charge is 0.336 e. The van der Waals surface area contributed by atoms with Crippen LogP contribution in [-0.4, -0.2) is 53.5 Å². The fourth-order valence-electron chi connectivity index (χ4n) is 5.95. The first-order chi connectivity index (χ1) is 17.5. The topological polar surface area (TPSA) is 70.1 Å². The first kappa shape index (κ1) is 24.1. The third-order valence-corrected chi connectivity index (χ3v) is 7.89. The van der Waals surface area contributed by atoms with Crippen LogP contribution in [-0.2, 0) is 17.9 Å². The lowest BCUT2D eigenvalue weighted by Gasteiger charge is -2.41. The van der Waals surface area contributed by atoms with Gasteiger partial charge in [0, 0.05) is 25.6 Å². The average molecular weight is 485 g/mol. The minimum Gasteiger partial charge on any atom is -0.497 e. The molecule has 0 radical (unpaired) electrons. The zero-order chi connectivity index (χ0) is 25.1. The van der Waals surface area contributed by atoms with E-state index >= 15 is 0 Å². The first-order valence-corrected chi connectivity index (χ1v) is 12.5. The second kappa shape index (κ2) is 10.2. The molecule has 3 aromatic carbocycles. The first-order valence-electron chi connectivity index (χ1n) is 12.5. The number of piperidine rings is 1. The summed E-state index contributed by atoms with van der Waals surface area (Å²) in [6, 6.07) is 25.5. The molecule has 2 aliphatic heterocycles. The lowest BCUT2D eigenvalue weighted by Crippen LogP contribution is -2.46. The Kier molecular flexibility index (Phi) is 6.79. The summed E-state index contributed by atoms with van der Waals surface area (Å²) in [6.07, 6.45) is 1.49. The van der Waals surface area contributed by atoms with Gasteiger partial charge in [0.1, 0.15) is 5.75 Å². The van der Waals surface area contributed by atoms with Crippen molar-refractivity contribution in [3.05, 3.63) is 101 Å². The lowest BCUT2D eigenvalue weighted by molar-refractivity contribution is -0.139. The van der Waals surface area contributed by atoms with Crippen LogP contribution < -0.4 is 4.74 Å². The molecule has 0 bridgehead atoms. The monoisotopic (exact) mass is 484 g/mol. The Hall–Kier alpha value is -3.64. The van der Waals surface area contributed by atoms with Crippen molar-refractivity contribution in [3.63, 3.8) is 0 Å². The summed E-state index contributed by atoms with van der Waals surface area (Å²) in [4.78, 5) is 30.0. The summed E-state index contributed by atoms with van der Waals surface area (Å²) in [5.74, 6) is 0.209. The highest BCUT2D eigenvalue weighted by molar-refractivity contribution is 5.89. The maximum atomic E-state index is 14.0. The van der Waals surface area contributed by atoms with E-state index in [-0.39, 0.29) is 11.8 Å². The van der Waals surface area contributed by atoms with Crippen LogP contribution in [0.2, 0.25) is 0 Å². The number of ether oxygens (including phenoxy) is 1. The van der Waals surface area contributed by atoms with Crippen molar-refractivity contribution >= 4 is 11.9 Å². The second-order valence-corrected chi connectivity index (χ2v) is 9.90. The van der Waals surface area contributed by atoms with E-state index in [0.717, 1.165) is 48.4 Å². The minimum absolute atomic E-state index is 0.0808. The van der Waals surface area contributed by atoms with E-state index in [4.69, 9.17) is 4.74 Å². The number of nitrogens with zero attached hydrogens (tertiary/aromatic N) is 2. The Labute approximate surface area is 212 Å². The van der Waals surface area contributed by atoms with Gasteiger partial charge < -0.3 is 14.7 Å². The van der Waals surface area contributed by atoms with Crippen molar-refractivity contribution in [1.82, 2.24) is 9.80 Å². The number of carbonyl (C=O) groups excluding carboxylic acids is 1. The van der Waals surface area contributed by atoms with Gasteiger partial charge in [-0.05, 0) is 60.8 Å². The molecule has 0 aliphatic carbocycles. The molecular formula is C30H32N2O4. The van der Waals surface area contributed by atoms with Gasteiger partial charge in [-0.25, -0.2) is 4.79 Å². The number of amides is 1. The number of methoxy groups -OCH3 is 1. The number of benzene rings is 3. The molecule has 2 heterocycles. The summed E-state index contributed by atoms with van der Waals surface area (Å²) >= 11 is 0. The van der Waals surface area contributed by atoms with Crippen molar-refractivity contribution in [3.8, 4) is 5.75 Å². The van der Waals surface area contributed by atoms with Gasteiger partial charge >= 0.3 is 5.97 Å². The van der Waals surface area contributed by atoms with Gasteiger partial charge in [0.15, 0.2) is 0 Å². The highest BCUT2D eigenvalue weighted by atomic mass is 16.5. The Balaban J connectivity index is 1.40. The molecule has 2 saturated heterocycles. The van der Waals surface area contributed by atoms with E-state index in [2.05, 4.69) is 29.2 Å². The number of rotatable bonds is 7. The largest absolute Gasteiger partial charge is 0.497 e. The predicted octanol–water partition coefficient (Wildman–Crippen LogP) is 4.80. The van der Waals surface area contributed by atoms with Gasteiger partial charge in [-0.15, -0.1) is 0 Å². The van der Waals surface area contributed by atoms with Crippen LogP contribution in [0.15, 0.2) is 78.9 Å². The van der Waals surface area contributed by atoms with Crippen LogP contribution in [0.25, 0.3) is 0 Å². The predicted molar refractivity (Wildman–Crippen MR) is 138 cm³/mol. The van der Waals surface area contributed by atoms with E-state index in [0.29, 0.717) is 25.2 Å². The van der Waals surface area contributed by atoms with Crippen molar-refractivity contribution in [2.45, 2.75) is 31.8 Å². The van der Waals surface area contributed by atoms with Crippen molar-refractivity contribution in [2.75, 3.05) is 26.7 Å². The van der Waals surface area contributed by atoms with Crippen LogP contribution >= 0.6 is 0 Å². The quantitative estimate of drug-likeness (QED) is 0.522. The average Bonchev–Trinajstić information content (AvgIpc) is 3.17. The molecule has 5 rings (SSSR count). The van der Waals surface area contributed by atoms with Gasteiger partial charge in [-0.2, -0.15) is 0 Å². The molecular weight excluding hydrogens is 452 g/mol. The normalized spacial score (nSPS) is 19.5. The zero-order valence-electron chi connectivity index (χ0n) is 20.6. The molecule has 2 aliphatic rings. The summed E-state index contributed by atoms with van der Waals surface area (Å²) in [7, 11) is 1.67. The third-order valence-electron chi connectivity index (χ3n) is 7.89. The highest BCUT2D eigenvalue weighted by Gasteiger charge is 2.55. The Morgan fingerprint density at radius 2 is 1.69 bits per heavy atom. The molecule has 36 heavy (non-hydrogen) atoms. The van der Waals surface area contributed by atoms with Crippen molar-refractivity contribution in [2.24, 2.45) is 5.41 Å². The molecule has 6 heteroatoms. The standard InChI is InChI=1S/C30H32N2O4/c1-36-25-12-7-11-23(18-25)27-21-32(19-22-8-3-2-4-9-22)29(35)30(27)14-16-31(17-15-30)20-24-10-5-6-13-26(24)28(33)34/h2-13,18,27H,14-17,19-21H2,1H3,(H,33,34)/t27-/m1/s1. The molecule has 6 nitrogen and oxygen atoms in total. The lowest BCUT2D eigenvalue weighted by atomic mass is 9.68.